The maximum Gasteiger partial charge on any atom is 0.306 e. The molecule has 12 aromatic rings. The van der Waals surface area contributed by atoms with E-state index in [-0.39, 0.29) is 54.4 Å². The Kier molecular flexibility index (Phi) is 19.4. The molecule has 18 rings (SSSR count). The van der Waals surface area contributed by atoms with Crippen LogP contribution < -0.4 is 51.3 Å². The zero-order chi connectivity index (χ0) is 75.0. The van der Waals surface area contributed by atoms with Crippen molar-refractivity contribution >= 4 is 92.2 Å². The minimum Gasteiger partial charge on any atom is -0.491 e. The Hall–Kier alpha value is -12.6. The van der Waals surface area contributed by atoms with E-state index < -0.39 is 11.6 Å². The molecule has 3 fully saturated rings. The van der Waals surface area contributed by atoms with Gasteiger partial charge < -0.3 is 71.4 Å². The molecule has 6 aliphatic heterocycles. The van der Waals surface area contributed by atoms with Crippen molar-refractivity contribution in [2.45, 2.75) is 64.8 Å². The predicted octanol–water partition coefficient (Wildman–Crippen LogP) is 10.9. The average molecular weight is 1470 g/mol. The molecule has 15 heterocycles. The van der Waals surface area contributed by atoms with Crippen molar-refractivity contribution in [3.05, 3.63) is 210 Å². The number of carboxylic acid groups (broad SMARTS) is 1. The van der Waals surface area contributed by atoms with Crippen molar-refractivity contribution in [2.24, 2.45) is 11.8 Å². The van der Waals surface area contributed by atoms with Crippen LogP contribution in [-0.2, 0) is 29.2 Å². The highest BCUT2D eigenvalue weighted by molar-refractivity contribution is 6.08. The lowest BCUT2D eigenvalue weighted by Crippen LogP contribution is -2.44. The highest BCUT2D eigenvalue weighted by Crippen LogP contribution is 2.41. The van der Waals surface area contributed by atoms with Gasteiger partial charge in [0.15, 0.2) is 0 Å². The molecule has 29 heteroatoms. The Labute approximate surface area is 623 Å². The van der Waals surface area contributed by atoms with Crippen molar-refractivity contribution in [3.63, 3.8) is 0 Å². The first kappa shape index (κ1) is 70.7. The van der Waals surface area contributed by atoms with Gasteiger partial charge in [-0.3, -0.25) is 32.4 Å². The number of ether oxygens (including phenoxy) is 2. The number of halogens is 2. The van der Waals surface area contributed by atoms with Crippen LogP contribution in [0.5, 0.6) is 5.75 Å². The molecule has 0 radical (unpaired) electrons. The van der Waals surface area contributed by atoms with E-state index in [0.717, 1.165) is 125 Å². The monoisotopic (exact) mass is 1470 g/mol. The minimum absolute atomic E-state index is 0.0496. The van der Waals surface area contributed by atoms with Gasteiger partial charge in [-0.05, 0) is 129 Å². The van der Waals surface area contributed by atoms with Gasteiger partial charge in [0, 0.05) is 118 Å². The number of piperidine rings is 2. The zero-order valence-corrected chi connectivity index (χ0v) is 59.7. The van der Waals surface area contributed by atoms with Gasteiger partial charge in [0.25, 0.3) is 17.7 Å². The molecule has 0 bridgehead atoms. The van der Waals surface area contributed by atoms with Gasteiger partial charge in [-0.1, -0.05) is 18.2 Å². The second kappa shape index (κ2) is 30.0. The fourth-order valence-corrected chi connectivity index (χ4v) is 15.2. The molecule has 0 spiro atoms. The molecule has 6 aliphatic rings. The number of morpholine rings is 1. The maximum absolute atomic E-state index is 13.6. The SMILES string of the molecule is CC(C)(O)[C@@H]1CCCN(c2ccc(Nc3ccc(-c4cnc5cc(F)ccn45)c4c3C(=O)NC4)nc2)C1.O=C1NCc2c(-c3cnc4cc(F)ccn34)ccc(Nc3ccc(N4CCC(C(=O)O)CC4)cn3)c21.O=C1NCc2c(-c3cnc4cc(OCCO)ccn34)ccc(Nc3ccc(N4CCOCC4)cn3)c21. The number of imidazole rings is 3. The summed E-state index contributed by atoms with van der Waals surface area (Å²) in [5, 5.41) is 47.3. The Balaban J connectivity index is 0.000000124. The normalized spacial score (nSPS) is 16.2. The van der Waals surface area contributed by atoms with Crippen molar-refractivity contribution in [2.75, 3.05) is 96.3 Å². The van der Waals surface area contributed by atoms with E-state index in [1.54, 1.807) is 41.6 Å². The topological polar surface area (TPSA) is 320 Å². The number of nitrogens with one attached hydrogen (secondary N) is 6. The van der Waals surface area contributed by atoms with Crippen LogP contribution in [0.4, 0.5) is 60.4 Å². The third kappa shape index (κ3) is 14.5. The van der Waals surface area contributed by atoms with Crippen LogP contribution in [0.2, 0.25) is 0 Å². The van der Waals surface area contributed by atoms with E-state index in [9.17, 15) is 38.2 Å². The summed E-state index contributed by atoms with van der Waals surface area (Å²) in [7, 11) is 0. The van der Waals surface area contributed by atoms with Gasteiger partial charge in [-0.25, -0.2) is 38.7 Å². The van der Waals surface area contributed by atoms with Crippen LogP contribution >= 0.6 is 0 Å². The van der Waals surface area contributed by atoms with Gasteiger partial charge in [0.2, 0.25) is 0 Å². The number of rotatable bonds is 17. The number of carbonyl (C=O) groups is 4. The summed E-state index contributed by atoms with van der Waals surface area (Å²) >= 11 is 0. The molecule has 0 aliphatic carbocycles. The predicted molar refractivity (Wildman–Crippen MR) is 407 cm³/mol. The Morgan fingerprint density at radius 3 is 1.37 bits per heavy atom. The maximum atomic E-state index is 13.6. The lowest BCUT2D eigenvalue weighted by Gasteiger charge is -2.39. The Morgan fingerprint density at radius 2 is 0.954 bits per heavy atom. The number of anilines is 9. The third-order valence-corrected chi connectivity index (χ3v) is 20.9. The molecular weight excluding hydrogens is 1390 g/mol. The Bertz CT molecular complexity index is 5460. The van der Waals surface area contributed by atoms with E-state index in [2.05, 4.69) is 76.5 Å². The number of nitrogens with zero attached hydrogens (tertiary/aromatic N) is 12. The molecule has 3 amide bonds. The summed E-state index contributed by atoms with van der Waals surface area (Å²) in [4.78, 5) is 83.1. The molecule has 27 nitrogen and oxygen atoms in total. The Morgan fingerprint density at radius 1 is 0.532 bits per heavy atom. The van der Waals surface area contributed by atoms with Gasteiger partial charge in [-0.2, -0.15) is 0 Å². The molecule has 3 saturated heterocycles. The van der Waals surface area contributed by atoms with Crippen molar-refractivity contribution in [1.29, 1.82) is 0 Å². The molecule has 3 aromatic carbocycles. The fraction of sp³-hybridized carbons (Fsp3) is 0.275. The third-order valence-electron chi connectivity index (χ3n) is 20.9. The summed E-state index contributed by atoms with van der Waals surface area (Å²) in [5.41, 5.74) is 15.5. The number of hydrogen-bond donors (Lipinski definition) is 9. The zero-order valence-electron chi connectivity index (χ0n) is 59.7. The molecule has 109 heavy (non-hydrogen) atoms. The lowest BCUT2D eigenvalue weighted by molar-refractivity contribution is -0.142. The van der Waals surface area contributed by atoms with Gasteiger partial charge in [0.1, 0.15) is 58.4 Å². The summed E-state index contributed by atoms with van der Waals surface area (Å²) in [6.45, 7) is 11.4. The van der Waals surface area contributed by atoms with Gasteiger partial charge in [-0.15, -0.1) is 0 Å². The number of pyridine rings is 6. The van der Waals surface area contributed by atoms with E-state index in [4.69, 9.17) is 14.6 Å². The van der Waals surface area contributed by atoms with Crippen LogP contribution in [0.25, 0.3) is 50.7 Å². The summed E-state index contributed by atoms with van der Waals surface area (Å²) in [6.07, 6.45) is 19.1. The molecule has 0 saturated carbocycles. The van der Waals surface area contributed by atoms with Gasteiger partial charge in [0.05, 0.1) is 136 Å². The number of amides is 3. The summed E-state index contributed by atoms with van der Waals surface area (Å²) in [5.74, 6) is 0.602. The number of aliphatic hydroxyl groups excluding tert-OH is 1. The molecule has 1 atom stereocenters. The largest absolute Gasteiger partial charge is 0.491 e. The number of benzene rings is 3. The van der Waals surface area contributed by atoms with E-state index >= 15 is 0 Å². The highest BCUT2D eigenvalue weighted by atomic mass is 19.1. The summed E-state index contributed by atoms with van der Waals surface area (Å²) < 4.78 is 43.8. The minimum atomic E-state index is -0.731. The molecular formula is C80H78F2N18O9. The quantitative estimate of drug-likeness (QED) is 0.0409. The number of aromatic nitrogens is 9. The lowest BCUT2D eigenvalue weighted by atomic mass is 9.84. The molecule has 0 unspecified atom stereocenters. The second-order valence-corrected chi connectivity index (χ2v) is 28.0. The highest BCUT2D eigenvalue weighted by Gasteiger charge is 2.34. The second-order valence-electron chi connectivity index (χ2n) is 28.0. The van der Waals surface area contributed by atoms with Gasteiger partial charge >= 0.3 is 5.97 Å². The van der Waals surface area contributed by atoms with Crippen LogP contribution in [0.3, 0.4) is 0 Å². The number of hydrogen-bond acceptors (Lipinski definition) is 20. The van der Waals surface area contributed by atoms with Crippen molar-refractivity contribution in [1.82, 2.24) is 59.1 Å². The number of carboxylic acids is 1. The van der Waals surface area contributed by atoms with Crippen LogP contribution in [0.15, 0.2) is 165 Å². The standard InChI is InChI=1S/C28H29FN6O2.C26H23FN6O3.C26H26N6O4/c1-28(2,37)17-4-3-10-34(16-17)19-5-8-24(30-13-19)33-22-7-6-20(21-14-32-27(36)26(21)22)23-15-31-25-12-18(29)9-11-35(23)25;27-16-7-10-33-21(14-29-23(33)11-16)18-2-3-20(24-19(18)13-30-25(24)34)31-22-4-1-17(12-28-22)32-8-5-15(6-9-32)26(35)36;33-9-12-36-18-5-6-32-22(16-28-24(32)13-18)19-2-3-21(25-20(19)15-29-26(25)34)30-23-4-1-17(14-27-23)31-7-10-35-11-8-31/h5-9,11-13,15,17,37H,3-4,10,14,16H2,1-2H3,(H,30,33)(H,32,36);1-4,7,10-12,14-15H,5-6,8-9,13H2,(H,28,31)(H,30,34)(H,35,36);1-6,13-14,16,33H,7-12,15H2,(H,27,30)(H,29,34)/t17-;;/m1../s1. The summed E-state index contributed by atoms with van der Waals surface area (Å²) in [6, 6.07) is 32.4. The molecule has 556 valence electrons. The first-order valence-corrected chi connectivity index (χ1v) is 36.2. The van der Waals surface area contributed by atoms with E-state index in [1.165, 1.54) is 24.3 Å². The average Bonchev–Trinajstić information content (AvgIpc) is 1.63. The van der Waals surface area contributed by atoms with Crippen LogP contribution in [-0.4, -0.2) is 153 Å². The number of fused-ring (bicyclic) bond motifs is 6. The van der Waals surface area contributed by atoms with Crippen molar-refractivity contribution < 1.29 is 52.8 Å². The number of carbonyl (C=O) groups excluding carboxylic acids is 3. The van der Waals surface area contributed by atoms with Crippen LogP contribution in [0, 0.1) is 23.5 Å². The van der Waals surface area contributed by atoms with Crippen molar-refractivity contribution in [3.8, 4) is 39.5 Å². The number of aliphatic hydroxyl groups is 2. The molecule has 9 N–H and O–H groups in total. The van der Waals surface area contributed by atoms with Crippen LogP contribution in [0.1, 0.15) is 87.3 Å². The van der Waals surface area contributed by atoms with E-state index in [0.29, 0.717) is 114 Å². The van der Waals surface area contributed by atoms with E-state index in [1.807, 2.05) is 126 Å². The smallest absolute Gasteiger partial charge is 0.306 e. The number of aliphatic carboxylic acids is 1. The first-order valence-electron chi connectivity index (χ1n) is 36.2. The first-order chi connectivity index (χ1) is 53.0. The fourth-order valence-electron chi connectivity index (χ4n) is 15.2. The molecule has 9 aromatic heterocycles.